The summed E-state index contributed by atoms with van der Waals surface area (Å²) in [5.74, 6) is -0.748. The molecule has 21 heavy (non-hydrogen) atoms. The minimum atomic E-state index is -0.530. The predicted molar refractivity (Wildman–Crippen MR) is 80.3 cm³/mol. The van der Waals surface area contributed by atoms with Crippen LogP contribution in [0.4, 0.5) is 14.5 Å². The lowest BCUT2D eigenvalue weighted by atomic mass is 9.82. The van der Waals surface area contributed by atoms with Crippen LogP contribution in [0.3, 0.4) is 0 Å². The molecule has 0 aromatic heterocycles. The number of nitrogens with zero attached hydrogens (tertiary/aromatic N) is 1. The minimum Gasteiger partial charge on any atom is -0.393 e. The second-order valence-corrected chi connectivity index (χ2v) is 6.32. The van der Waals surface area contributed by atoms with Crippen molar-refractivity contribution in [3.63, 3.8) is 0 Å². The third-order valence-electron chi connectivity index (χ3n) is 3.92. The Kier molecular flexibility index (Phi) is 5.17. The quantitative estimate of drug-likeness (QED) is 0.847. The molecule has 1 aliphatic carbocycles. The molecule has 0 spiro atoms. The number of halogens is 2. The van der Waals surface area contributed by atoms with Crippen LogP contribution in [0.2, 0.25) is 0 Å². The van der Waals surface area contributed by atoms with E-state index in [9.17, 15) is 13.9 Å². The fraction of sp³-hybridized carbons (Fsp3) is 0.625. The summed E-state index contributed by atoms with van der Waals surface area (Å²) in [6, 6.07) is 3.04. The Morgan fingerprint density at radius 3 is 2.33 bits per heavy atom. The van der Waals surface area contributed by atoms with Gasteiger partial charge in [-0.3, -0.25) is 0 Å². The Morgan fingerprint density at radius 1 is 1.29 bits per heavy atom. The smallest absolute Gasteiger partial charge is 0.149 e. The van der Waals surface area contributed by atoms with Crippen molar-refractivity contribution in [1.29, 1.82) is 0 Å². The van der Waals surface area contributed by atoms with Crippen LogP contribution in [-0.2, 0) is 6.54 Å². The lowest BCUT2D eigenvalue weighted by molar-refractivity contribution is 0.0464. The fourth-order valence-corrected chi connectivity index (χ4v) is 2.73. The van der Waals surface area contributed by atoms with Gasteiger partial charge in [0.15, 0.2) is 0 Å². The van der Waals surface area contributed by atoms with Crippen LogP contribution in [0.25, 0.3) is 0 Å². The van der Waals surface area contributed by atoms with E-state index in [4.69, 9.17) is 0 Å². The number of hydrogen-bond donors (Lipinski definition) is 2. The summed E-state index contributed by atoms with van der Waals surface area (Å²) in [5.41, 5.74) is 0.625. The Balaban J connectivity index is 2.05. The molecule has 5 heteroatoms. The zero-order chi connectivity index (χ0) is 15.6. The second-order valence-electron chi connectivity index (χ2n) is 6.32. The molecule has 0 aliphatic heterocycles. The minimum absolute atomic E-state index is 0.0182. The molecule has 0 amide bonds. The Bertz CT molecular complexity index is 464. The molecule has 1 aromatic carbocycles. The molecule has 0 heterocycles. The Morgan fingerprint density at radius 2 is 1.86 bits per heavy atom. The van der Waals surface area contributed by atoms with E-state index >= 15 is 0 Å². The van der Waals surface area contributed by atoms with Crippen molar-refractivity contribution in [3.05, 3.63) is 29.3 Å². The van der Waals surface area contributed by atoms with Crippen molar-refractivity contribution in [1.82, 2.24) is 5.32 Å². The molecular weight excluding hydrogens is 274 g/mol. The van der Waals surface area contributed by atoms with Gasteiger partial charge in [0, 0.05) is 26.2 Å². The molecule has 1 saturated carbocycles. The number of rotatable bonds is 6. The molecule has 0 atom stereocenters. The maximum absolute atomic E-state index is 14.2. The summed E-state index contributed by atoms with van der Waals surface area (Å²) in [6.07, 6.45) is 1.18. The lowest BCUT2D eigenvalue weighted by Gasteiger charge is -2.35. The standard InChI is InChI=1S/C16H24F2N2O/c1-10(2)19-8-11-6-14(17)16(15(18)7-11)20(3)9-12-4-13(21)5-12/h6-7,10,12-13,19,21H,4-5,8-9H2,1-3H3. The number of anilines is 1. The van der Waals surface area contributed by atoms with Gasteiger partial charge in [0.25, 0.3) is 0 Å². The Labute approximate surface area is 125 Å². The van der Waals surface area contributed by atoms with E-state index in [0.717, 1.165) is 0 Å². The molecule has 0 saturated heterocycles. The molecule has 1 aromatic rings. The van der Waals surface area contributed by atoms with Crippen LogP contribution >= 0.6 is 0 Å². The first-order valence-electron chi connectivity index (χ1n) is 7.47. The zero-order valence-corrected chi connectivity index (χ0v) is 12.9. The van der Waals surface area contributed by atoms with Crippen LogP contribution in [0, 0.1) is 17.6 Å². The van der Waals surface area contributed by atoms with Gasteiger partial charge in [-0.2, -0.15) is 0 Å². The van der Waals surface area contributed by atoms with Gasteiger partial charge in [-0.05, 0) is 36.5 Å². The first-order valence-corrected chi connectivity index (χ1v) is 7.47. The molecular formula is C16H24F2N2O. The number of aliphatic hydroxyl groups is 1. The van der Waals surface area contributed by atoms with Crippen LogP contribution < -0.4 is 10.2 Å². The highest BCUT2D eigenvalue weighted by atomic mass is 19.1. The van der Waals surface area contributed by atoms with E-state index in [1.165, 1.54) is 12.1 Å². The SMILES string of the molecule is CC(C)NCc1cc(F)c(N(C)CC2CC(O)C2)c(F)c1. The molecule has 2 N–H and O–H groups in total. The molecule has 2 rings (SSSR count). The van der Waals surface area contributed by atoms with Gasteiger partial charge in [-0.1, -0.05) is 13.8 Å². The van der Waals surface area contributed by atoms with Crippen LogP contribution in [0.1, 0.15) is 32.3 Å². The molecule has 0 unspecified atom stereocenters. The largest absolute Gasteiger partial charge is 0.393 e. The van der Waals surface area contributed by atoms with E-state index in [0.29, 0.717) is 37.4 Å². The number of aliphatic hydroxyl groups excluding tert-OH is 1. The highest BCUT2D eigenvalue weighted by Gasteiger charge is 2.29. The summed E-state index contributed by atoms with van der Waals surface area (Å²) in [7, 11) is 1.69. The summed E-state index contributed by atoms with van der Waals surface area (Å²) in [4.78, 5) is 1.61. The third-order valence-corrected chi connectivity index (χ3v) is 3.92. The number of benzene rings is 1. The van der Waals surface area contributed by atoms with Crippen LogP contribution in [0.15, 0.2) is 12.1 Å². The van der Waals surface area contributed by atoms with Crippen molar-refractivity contribution in [3.8, 4) is 0 Å². The molecule has 3 nitrogen and oxygen atoms in total. The summed E-state index contributed by atoms with van der Waals surface area (Å²) in [5, 5.41) is 12.4. The molecule has 1 fully saturated rings. The summed E-state index contributed by atoms with van der Waals surface area (Å²) < 4.78 is 28.4. The van der Waals surface area contributed by atoms with Crippen molar-refractivity contribution in [2.24, 2.45) is 5.92 Å². The number of hydrogen-bond acceptors (Lipinski definition) is 3. The zero-order valence-electron chi connectivity index (χ0n) is 12.9. The summed E-state index contributed by atoms with van der Waals surface area (Å²) in [6.45, 7) is 4.99. The summed E-state index contributed by atoms with van der Waals surface area (Å²) >= 11 is 0. The van der Waals surface area contributed by atoms with Gasteiger partial charge in [0.05, 0.1) is 6.10 Å². The van der Waals surface area contributed by atoms with E-state index in [1.54, 1.807) is 11.9 Å². The molecule has 0 bridgehead atoms. The topological polar surface area (TPSA) is 35.5 Å². The van der Waals surface area contributed by atoms with Gasteiger partial charge in [0.2, 0.25) is 0 Å². The van der Waals surface area contributed by atoms with Gasteiger partial charge in [0.1, 0.15) is 17.3 Å². The van der Waals surface area contributed by atoms with Crippen LogP contribution in [-0.4, -0.2) is 30.8 Å². The van der Waals surface area contributed by atoms with E-state index in [1.807, 2.05) is 13.8 Å². The van der Waals surface area contributed by atoms with Gasteiger partial charge in [-0.25, -0.2) is 8.78 Å². The van der Waals surface area contributed by atoms with Crippen molar-refractivity contribution >= 4 is 5.69 Å². The Hall–Kier alpha value is -1.20. The third kappa shape index (κ3) is 4.14. The van der Waals surface area contributed by atoms with Crippen molar-refractivity contribution < 1.29 is 13.9 Å². The number of nitrogens with one attached hydrogen (secondary N) is 1. The highest BCUT2D eigenvalue weighted by molar-refractivity contribution is 5.50. The normalized spacial score (nSPS) is 21.5. The molecule has 1 aliphatic rings. The first kappa shape index (κ1) is 16.2. The van der Waals surface area contributed by atoms with E-state index in [-0.39, 0.29) is 17.8 Å². The monoisotopic (exact) mass is 298 g/mol. The van der Waals surface area contributed by atoms with Crippen molar-refractivity contribution in [2.75, 3.05) is 18.5 Å². The van der Waals surface area contributed by atoms with Crippen molar-refractivity contribution in [2.45, 2.75) is 45.4 Å². The lowest BCUT2D eigenvalue weighted by Crippen LogP contribution is -2.37. The maximum atomic E-state index is 14.2. The highest BCUT2D eigenvalue weighted by Crippen LogP contribution is 2.31. The second kappa shape index (κ2) is 6.71. The first-order chi connectivity index (χ1) is 9.86. The predicted octanol–water partition coefficient (Wildman–Crippen LogP) is 2.67. The van der Waals surface area contributed by atoms with Crippen LogP contribution in [0.5, 0.6) is 0 Å². The maximum Gasteiger partial charge on any atom is 0.149 e. The van der Waals surface area contributed by atoms with E-state index in [2.05, 4.69) is 5.32 Å². The average Bonchev–Trinajstić information content (AvgIpc) is 2.33. The van der Waals surface area contributed by atoms with Gasteiger partial charge >= 0.3 is 0 Å². The van der Waals surface area contributed by atoms with E-state index < -0.39 is 11.6 Å². The van der Waals surface area contributed by atoms with Gasteiger partial charge in [-0.15, -0.1) is 0 Å². The fourth-order valence-electron chi connectivity index (χ4n) is 2.73. The molecule has 118 valence electrons. The average molecular weight is 298 g/mol. The van der Waals surface area contributed by atoms with Gasteiger partial charge < -0.3 is 15.3 Å². The molecule has 0 radical (unpaired) electrons.